The van der Waals surface area contributed by atoms with Gasteiger partial charge in [0.2, 0.25) is 10.0 Å². The molecule has 0 amide bonds. The molecule has 0 aliphatic rings. The number of sulfonamides is 1. The van der Waals surface area contributed by atoms with Crippen molar-refractivity contribution in [1.29, 1.82) is 0 Å². The van der Waals surface area contributed by atoms with E-state index >= 15 is 0 Å². The smallest absolute Gasteiger partial charge is 0.236 e. The van der Waals surface area contributed by atoms with Gasteiger partial charge in [-0.3, -0.25) is 4.72 Å². The van der Waals surface area contributed by atoms with Gasteiger partial charge >= 0.3 is 0 Å². The van der Waals surface area contributed by atoms with Crippen molar-refractivity contribution in [3.8, 4) is 0 Å². The van der Waals surface area contributed by atoms with Gasteiger partial charge in [0.1, 0.15) is 4.60 Å². The van der Waals surface area contributed by atoms with Crippen LogP contribution in [0.25, 0.3) is 0 Å². The van der Waals surface area contributed by atoms with E-state index < -0.39 is 10.0 Å². The van der Waals surface area contributed by atoms with Crippen LogP contribution in [0.2, 0.25) is 5.02 Å². The number of nitrogens with one attached hydrogen (secondary N) is 1. The summed E-state index contributed by atoms with van der Waals surface area (Å²) in [7, 11) is -3.42. The van der Waals surface area contributed by atoms with E-state index in [1.807, 2.05) is 0 Å². The van der Waals surface area contributed by atoms with Crippen LogP contribution < -0.4 is 4.72 Å². The second-order valence-corrected chi connectivity index (χ2v) is 5.62. The standard InChI is InChI=1S/C8H8BrClN2O2S/c1-2-3-15(13,14)12-7-4-6(10)5-11-8(7)9/h2,4-5,12H,1,3H2. The largest absolute Gasteiger partial charge is 0.280 e. The molecule has 0 aliphatic carbocycles. The molecule has 0 saturated carbocycles. The minimum Gasteiger partial charge on any atom is -0.280 e. The zero-order chi connectivity index (χ0) is 11.5. The maximum atomic E-state index is 11.4. The summed E-state index contributed by atoms with van der Waals surface area (Å²) in [6.07, 6.45) is 2.71. The molecule has 0 radical (unpaired) electrons. The second kappa shape index (κ2) is 4.96. The van der Waals surface area contributed by atoms with Crippen molar-refractivity contribution in [1.82, 2.24) is 4.98 Å². The third-order valence-corrected chi connectivity index (χ3v) is 3.45. The number of pyridine rings is 1. The van der Waals surface area contributed by atoms with Gasteiger partial charge in [-0.1, -0.05) is 17.7 Å². The van der Waals surface area contributed by atoms with Crippen LogP contribution in [-0.4, -0.2) is 19.2 Å². The van der Waals surface area contributed by atoms with Crippen molar-refractivity contribution in [3.05, 3.63) is 34.5 Å². The van der Waals surface area contributed by atoms with Crippen LogP contribution in [0, 0.1) is 0 Å². The molecule has 1 aromatic heterocycles. The van der Waals surface area contributed by atoms with Crippen molar-refractivity contribution < 1.29 is 8.42 Å². The highest BCUT2D eigenvalue weighted by Gasteiger charge is 2.11. The van der Waals surface area contributed by atoms with Crippen molar-refractivity contribution in [2.24, 2.45) is 0 Å². The van der Waals surface area contributed by atoms with Crippen molar-refractivity contribution in [3.63, 3.8) is 0 Å². The highest BCUT2D eigenvalue weighted by molar-refractivity contribution is 9.10. The number of aromatic nitrogens is 1. The van der Waals surface area contributed by atoms with Crippen LogP contribution >= 0.6 is 27.5 Å². The topological polar surface area (TPSA) is 59.1 Å². The molecule has 0 unspecified atom stereocenters. The van der Waals surface area contributed by atoms with Crippen LogP contribution in [0.4, 0.5) is 5.69 Å². The van der Waals surface area contributed by atoms with Crippen LogP contribution in [-0.2, 0) is 10.0 Å². The summed E-state index contributed by atoms with van der Waals surface area (Å²) < 4.78 is 25.5. The fourth-order valence-corrected chi connectivity index (χ4v) is 2.35. The zero-order valence-electron chi connectivity index (χ0n) is 7.57. The third-order valence-electron chi connectivity index (χ3n) is 1.41. The van der Waals surface area contributed by atoms with E-state index in [-0.39, 0.29) is 5.75 Å². The summed E-state index contributed by atoms with van der Waals surface area (Å²) in [6, 6.07) is 1.47. The van der Waals surface area contributed by atoms with E-state index in [9.17, 15) is 8.42 Å². The lowest BCUT2D eigenvalue weighted by Gasteiger charge is -2.07. The first kappa shape index (κ1) is 12.5. The molecule has 0 fully saturated rings. The normalized spacial score (nSPS) is 11.1. The Balaban J connectivity index is 2.99. The summed E-state index contributed by atoms with van der Waals surface area (Å²) in [4.78, 5) is 3.85. The molecule has 1 rings (SSSR count). The molecule has 0 aromatic carbocycles. The van der Waals surface area contributed by atoms with Crippen LogP contribution in [0.5, 0.6) is 0 Å². The van der Waals surface area contributed by atoms with Crippen molar-refractivity contribution >= 4 is 43.2 Å². The highest BCUT2D eigenvalue weighted by Crippen LogP contribution is 2.24. The van der Waals surface area contributed by atoms with Gasteiger partial charge in [0, 0.05) is 6.20 Å². The highest BCUT2D eigenvalue weighted by atomic mass is 79.9. The number of rotatable bonds is 4. The summed E-state index contributed by atoms with van der Waals surface area (Å²) in [5.41, 5.74) is 0.310. The Labute approximate surface area is 102 Å². The van der Waals surface area contributed by atoms with Gasteiger partial charge in [-0.25, -0.2) is 13.4 Å². The Morgan fingerprint density at radius 3 is 2.93 bits per heavy atom. The molecule has 1 aromatic rings. The predicted octanol–water partition coefficient (Wildman–Crippen LogP) is 2.43. The number of hydrogen-bond acceptors (Lipinski definition) is 3. The summed E-state index contributed by atoms with van der Waals surface area (Å²) >= 11 is 8.80. The van der Waals surface area contributed by atoms with Gasteiger partial charge in [-0.05, 0) is 22.0 Å². The van der Waals surface area contributed by atoms with Crippen LogP contribution in [0.1, 0.15) is 0 Å². The maximum Gasteiger partial charge on any atom is 0.236 e. The lowest BCUT2D eigenvalue weighted by molar-refractivity contribution is 0.604. The molecule has 0 bridgehead atoms. The van der Waals surface area contributed by atoms with Crippen LogP contribution in [0.15, 0.2) is 29.5 Å². The van der Waals surface area contributed by atoms with Crippen LogP contribution in [0.3, 0.4) is 0 Å². The van der Waals surface area contributed by atoms with Gasteiger partial charge in [-0.2, -0.15) is 0 Å². The van der Waals surface area contributed by atoms with E-state index in [1.165, 1.54) is 18.3 Å². The fraction of sp³-hybridized carbons (Fsp3) is 0.125. The van der Waals surface area contributed by atoms with E-state index in [4.69, 9.17) is 11.6 Å². The number of anilines is 1. The van der Waals surface area contributed by atoms with E-state index in [2.05, 4.69) is 32.2 Å². The molecule has 1 heterocycles. The summed E-state index contributed by atoms with van der Waals surface area (Å²) in [6.45, 7) is 3.35. The number of nitrogens with zero attached hydrogens (tertiary/aromatic N) is 1. The lowest BCUT2D eigenvalue weighted by atomic mass is 10.4. The quantitative estimate of drug-likeness (QED) is 0.686. The first-order chi connectivity index (χ1) is 6.94. The van der Waals surface area contributed by atoms with E-state index in [0.29, 0.717) is 15.3 Å². The van der Waals surface area contributed by atoms with Gasteiger partial charge in [0.25, 0.3) is 0 Å². The summed E-state index contributed by atoms with van der Waals surface area (Å²) in [5.74, 6) is -0.161. The molecule has 4 nitrogen and oxygen atoms in total. The van der Waals surface area contributed by atoms with Gasteiger partial charge < -0.3 is 0 Å². The monoisotopic (exact) mass is 310 g/mol. The average molecular weight is 312 g/mol. The molecule has 7 heteroatoms. The molecular formula is C8H8BrClN2O2S. The van der Waals surface area contributed by atoms with Crippen molar-refractivity contribution in [2.75, 3.05) is 10.5 Å². The minimum absolute atomic E-state index is 0.161. The fourth-order valence-electron chi connectivity index (χ4n) is 0.859. The van der Waals surface area contributed by atoms with E-state index in [1.54, 1.807) is 0 Å². The number of hydrogen-bond donors (Lipinski definition) is 1. The SMILES string of the molecule is C=CCS(=O)(=O)Nc1cc(Cl)cnc1Br. The zero-order valence-corrected chi connectivity index (χ0v) is 10.7. The Morgan fingerprint density at radius 2 is 2.33 bits per heavy atom. The molecule has 0 atom stereocenters. The molecule has 0 aliphatic heterocycles. The van der Waals surface area contributed by atoms with Gasteiger partial charge in [-0.15, -0.1) is 6.58 Å². The minimum atomic E-state index is -3.42. The molecule has 0 saturated heterocycles. The average Bonchev–Trinajstić information content (AvgIpc) is 2.10. The Morgan fingerprint density at radius 1 is 1.67 bits per heavy atom. The Hall–Kier alpha value is -0.590. The first-order valence-electron chi connectivity index (χ1n) is 3.87. The van der Waals surface area contributed by atoms with Crippen molar-refractivity contribution in [2.45, 2.75) is 0 Å². The molecule has 1 N–H and O–H groups in total. The Kier molecular flexibility index (Phi) is 4.12. The second-order valence-electron chi connectivity index (χ2n) is 2.66. The summed E-state index contributed by atoms with van der Waals surface area (Å²) in [5, 5.41) is 0.356. The lowest BCUT2D eigenvalue weighted by Crippen LogP contribution is -2.15. The maximum absolute atomic E-state index is 11.4. The van der Waals surface area contributed by atoms with Gasteiger partial charge in [0.15, 0.2) is 0 Å². The molecule has 0 spiro atoms. The molecule has 15 heavy (non-hydrogen) atoms. The Bertz CT molecular complexity index is 476. The van der Waals surface area contributed by atoms with Gasteiger partial charge in [0.05, 0.1) is 16.5 Å². The molecular weight excluding hydrogens is 304 g/mol. The third kappa shape index (κ3) is 3.81. The first-order valence-corrected chi connectivity index (χ1v) is 6.69. The predicted molar refractivity (Wildman–Crippen MR) is 64.6 cm³/mol. The van der Waals surface area contributed by atoms with E-state index in [0.717, 1.165) is 0 Å². The number of halogens is 2. The molecule has 82 valence electrons.